The predicted octanol–water partition coefficient (Wildman–Crippen LogP) is 4.12. The summed E-state index contributed by atoms with van der Waals surface area (Å²) in [6, 6.07) is 9.80. The van der Waals surface area contributed by atoms with Gasteiger partial charge in [0, 0.05) is 3.57 Å². The summed E-state index contributed by atoms with van der Waals surface area (Å²) in [7, 11) is 4.89. The average molecular weight is 424 g/mol. The Balaban J connectivity index is 2.52. The van der Waals surface area contributed by atoms with Crippen LogP contribution in [0.5, 0.6) is 17.2 Å². The van der Waals surface area contributed by atoms with E-state index in [-0.39, 0.29) is 6.61 Å². The van der Waals surface area contributed by atoms with Crippen LogP contribution in [0.25, 0.3) is 21.5 Å². The van der Waals surface area contributed by atoms with Crippen molar-refractivity contribution < 1.29 is 19.3 Å². The van der Waals surface area contributed by atoms with Crippen LogP contribution >= 0.6 is 22.6 Å². The van der Waals surface area contributed by atoms with E-state index in [1.165, 1.54) is 0 Å². The van der Waals surface area contributed by atoms with Gasteiger partial charge in [-0.3, -0.25) is 0 Å². The first-order chi connectivity index (χ1) is 11.1. The third-order valence-corrected chi connectivity index (χ3v) is 5.26. The maximum atomic E-state index is 9.84. The topological polar surface area (TPSA) is 47.9 Å². The normalized spacial score (nSPS) is 11.0. The molecule has 3 aromatic rings. The molecule has 0 radical (unpaired) electrons. The molecule has 0 aromatic heterocycles. The van der Waals surface area contributed by atoms with Crippen molar-refractivity contribution in [3.05, 3.63) is 39.5 Å². The van der Waals surface area contributed by atoms with Crippen LogP contribution in [0.1, 0.15) is 5.56 Å². The minimum Gasteiger partial charge on any atom is -0.497 e. The summed E-state index contributed by atoms with van der Waals surface area (Å²) < 4.78 is 17.2. The first-order valence-electron chi connectivity index (χ1n) is 7.09. The van der Waals surface area contributed by atoms with E-state index in [9.17, 15) is 5.11 Å². The summed E-state index contributed by atoms with van der Waals surface area (Å²) in [5.41, 5.74) is 0.906. The number of hydrogen-bond acceptors (Lipinski definition) is 4. The highest BCUT2D eigenvalue weighted by atomic mass is 127. The predicted molar refractivity (Wildman–Crippen MR) is 99.7 cm³/mol. The number of methoxy groups -OCH3 is 3. The van der Waals surface area contributed by atoms with Gasteiger partial charge >= 0.3 is 0 Å². The fraction of sp³-hybridized carbons (Fsp3) is 0.222. The number of fused-ring (bicyclic) bond motifs is 3. The molecule has 0 atom stereocenters. The molecule has 0 aliphatic rings. The monoisotopic (exact) mass is 424 g/mol. The maximum absolute atomic E-state index is 9.84. The minimum atomic E-state index is -0.0224. The highest BCUT2D eigenvalue weighted by Gasteiger charge is 2.16. The van der Waals surface area contributed by atoms with Crippen LogP contribution in [0.4, 0.5) is 0 Å². The van der Waals surface area contributed by atoms with Gasteiger partial charge in [-0.2, -0.15) is 0 Å². The van der Waals surface area contributed by atoms with E-state index in [0.29, 0.717) is 11.5 Å². The Bertz CT molecular complexity index is 889. The van der Waals surface area contributed by atoms with E-state index < -0.39 is 0 Å². The Morgan fingerprint density at radius 1 is 0.826 bits per heavy atom. The van der Waals surface area contributed by atoms with Gasteiger partial charge < -0.3 is 19.3 Å². The molecule has 0 unspecified atom stereocenters. The van der Waals surface area contributed by atoms with Crippen molar-refractivity contribution in [3.8, 4) is 17.2 Å². The molecule has 3 aromatic carbocycles. The molecule has 0 bridgehead atoms. The third kappa shape index (κ3) is 2.57. The van der Waals surface area contributed by atoms with Crippen LogP contribution in [0.15, 0.2) is 30.3 Å². The second-order valence-electron chi connectivity index (χ2n) is 5.11. The van der Waals surface area contributed by atoms with Gasteiger partial charge in [-0.1, -0.05) is 6.07 Å². The van der Waals surface area contributed by atoms with Crippen molar-refractivity contribution in [3.63, 3.8) is 0 Å². The van der Waals surface area contributed by atoms with Gasteiger partial charge in [0.2, 0.25) is 0 Å². The number of aliphatic hydroxyl groups is 1. The summed E-state index contributed by atoms with van der Waals surface area (Å²) in [5, 5.41) is 13.9. The fourth-order valence-corrected chi connectivity index (χ4v) is 3.76. The first kappa shape index (κ1) is 16.1. The lowest BCUT2D eigenvalue weighted by Gasteiger charge is -2.16. The zero-order chi connectivity index (χ0) is 16.6. The van der Waals surface area contributed by atoms with E-state index in [4.69, 9.17) is 14.2 Å². The Hall–Kier alpha value is -1.73. The second kappa shape index (κ2) is 6.41. The molecule has 0 spiro atoms. The van der Waals surface area contributed by atoms with Crippen LogP contribution in [-0.2, 0) is 6.61 Å². The summed E-state index contributed by atoms with van der Waals surface area (Å²) in [4.78, 5) is 0. The molecule has 1 N–H and O–H groups in total. The van der Waals surface area contributed by atoms with E-state index in [0.717, 1.165) is 36.4 Å². The molecular weight excluding hydrogens is 407 g/mol. The maximum Gasteiger partial charge on any atom is 0.161 e. The molecule has 120 valence electrons. The number of aliphatic hydroxyl groups excluding tert-OH is 1. The van der Waals surface area contributed by atoms with Crippen LogP contribution in [0, 0.1) is 3.57 Å². The molecule has 0 saturated heterocycles. The molecule has 0 heterocycles. The van der Waals surface area contributed by atoms with Crippen LogP contribution in [-0.4, -0.2) is 26.4 Å². The highest BCUT2D eigenvalue weighted by molar-refractivity contribution is 14.1. The van der Waals surface area contributed by atoms with Crippen LogP contribution in [0.3, 0.4) is 0 Å². The Morgan fingerprint density at radius 2 is 1.43 bits per heavy atom. The lowest BCUT2D eigenvalue weighted by atomic mass is 9.96. The Labute approximate surface area is 148 Å². The summed E-state index contributed by atoms with van der Waals surface area (Å²) in [6.07, 6.45) is 0. The zero-order valence-electron chi connectivity index (χ0n) is 13.1. The van der Waals surface area contributed by atoms with E-state index >= 15 is 0 Å². The molecule has 5 heteroatoms. The highest BCUT2D eigenvalue weighted by Crippen LogP contribution is 2.41. The van der Waals surface area contributed by atoms with Crippen LogP contribution < -0.4 is 14.2 Å². The largest absolute Gasteiger partial charge is 0.497 e. The quantitative estimate of drug-likeness (QED) is 0.506. The van der Waals surface area contributed by atoms with Crippen molar-refractivity contribution in [1.29, 1.82) is 0 Å². The van der Waals surface area contributed by atoms with E-state index in [2.05, 4.69) is 22.6 Å². The average Bonchev–Trinajstić information content (AvgIpc) is 2.60. The van der Waals surface area contributed by atoms with Gasteiger partial charge in [-0.25, -0.2) is 0 Å². The van der Waals surface area contributed by atoms with Crippen molar-refractivity contribution in [2.75, 3.05) is 21.3 Å². The molecule has 0 saturated carbocycles. The smallest absolute Gasteiger partial charge is 0.161 e. The number of halogens is 1. The van der Waals surface area contributed by atoms with Crippen molar-refractivity contribution in [1.82, 2.24) is 0 Å². The van der Waals surface area contributed by atoms with Gasteiger partial charge in [0.25, 0.3) is 0 Å². The number of hydrogen-bond donors (Lipinski definition) is 1. The number of benzene rings is 3. The summed E-state index contributed by atoms with van der Waals surface area (Å²) in [5.74, 6) is 2.12. The van der Waals surface area contributed by atoms with Gasteiger partial charge in [0.1, 0.15) is 5.75 Å². The fourth-order valence-electron chi connectivity index (χ4n) is 2.86. The van der Waals surface area contributed by atoms with Crippen molar-refractivity contribution >= 4 is 44.1 Å². The minimum absolute atomic E-state index is 0.0224. The molecule has 0 aliphatic heterocycles. The Morgan fingerprint density at radius 3 is 2.00 bits per heavy atom. The molecule has 23 heavy (non-hydrogen) atoms. The molecular formula is C18H17IO4. The van der Waals surface area contributed by atoms with Crippen molar-refractivity contribution in [2.24, 2.45) is 0 Å². The standard InChI is InChI=1S/C18H17IO4/c1-21-10-4-5-11-12(6-10)13-7-16(22-2)17(23-3)8-14(13)18(19)15(11)9-20/h4-8,20H,9H2,1-3H3. The lowest BCUT2D eigenvalue weighted by Crippen LogP contribution is -1.97. The van der Waals surface area contributed by atoms with Crippen LogP contribution in [0.2, 0.25) is 0 Å². The Kier molecular flexibility index (Phi) is 4.50. The SMILES string of the molecule is COc1ccc2c(CO)c(I)c3cc(OC)c(OC)cc3c2c1. The van der Waals surface area contributed by atoms with E-state index in [1.807, 2.05) is 30.3 Å². The van der Waals surface area contributed by atoms with Gasteiger partial charge in [0.15, 0.2) is 11.5 Å². The van der Waals surface area contributed by atoms with Crippen molar-refractivity contribution in [2.45, 2.75) is 6.61 Å². The molecule has 4 nitrogen and oxygen atoms in total. The summed E-state index contributed by atoms with van der Waals surface area (Å²) in [6.45, 7) is -0.0224. The zero-order valence-corrected chi connectivity index (χ0v) is 15.3. The molecule has 3 rings (SSSR count). The lowest BCUT2D eigenvalue weighted by molar-refractivity contribution is 0.282. The first-order valence-corrected chi connectivity index (χ1v) is 8.17. The summed E-state index contributed by atoms with van der Waals surface area (Å²) >= 11 is 2.27. The molecule has 0 amide bonds. The van der Waals surface area contributed by atoms with Gasteiger partial charge in [-0.05, 0) is 74.0 Å². The van der Waals surface area contributed by atoms with Gasteiger partial charge in [-0.15, -0.1) is 0 Å². The number of ether oxygens (including phenoxy) is 3. The third-order valence-electron chi connectivity index (χ3n) is 4.03. The number of rotatable bonds is 4. The second-order valence-corrected chi connectivity index (χ2v) is 6.19. The molecule has 0 fully saturated rings. The van der Waals surface area contributed by atoms with E-state index in [1.54, 1.807) is 21.3 Å². The van der Waals surface area contributed by atoms with Gasteiger partial charge in [0.05, 0.1) is 27.9 Å². The molecule has 0 aliphatic carbocycles.